The van der Waals surface area contributed by atoms with Gasteiger partial charge in [-0.15, -0.1) is 0 Å². The van der Waals surface area contributed by atoms with Crippen LogP contribution in [-0.4, -0.2) is 16.8 Å². The van der Waals surface area contributed by atoms with E-state index in [1.54, 1.807) is 6.21 Å². The van der Waals surface area contributed by atoms with Crippen LogP contribution in [-0.2, 0) is 0 Å². The summed E-state index contributed by atoms with van der Waals surface area (Å²) >= 11 is 0. The van der Waals surface area contributed by atoms with Gasteiger partial charge < -0.3 is 10.3 Å². The number of nitrogens with one attached hydrogen (secondary N) is 1. The third-order valence-electron chi connectivity index (χ3n) is 3.21. The van der Waals surface area contributed by atoms with Crippen molar-refractivity contribution in [3.8, 4) is 5.69 Å². The average molecular weight is 270 g/mol. The van der Waals surface area contributed by atoms with E-state index in [1.807, 2.05) is 32.0 Å². The van der Waals surface area contributed by atoms with Crippen molar-refractivity contribution in [3.05, 3.63) is 52.8 Å². The summed E-state index contributed by atoms with van der Waals surface area (Å²) in [6.45, 7) is 6.14. The summed E-state index contributed by atoms with van der Waals surface area (Å²) in [6, 6.07) is 9.55. The van der Waals surface area contributed by atoms with Crippen LogP contribution in [0.2, 0.25) is 0 Å². The fourth-order valence-electron chi connectivity index (χ4n) is 2.27. The van der Waals surface area contributed by atoms with Crippen molar-refractivity contribution in [3.63, 3.8) is 0 Å². The molecule has 104 valence electrons. The minimum absolute atomic E-state index is 0.672. The first-order valence-electron chi connectivity index (χ1n) is 6.34. The number of primary amides is 1. The van der Waals surface area contributed by atoms with Crippen molar-refractivity contribution in [2.75, 3.05) is 0 Å². The van der Waals surface area contributed by atoms with Crippen LogP contribution < -0.4 is 11.2 Å². The molecular weight excluding hydrogens is 252 g/mol. The zero-order chi connectivity index (χ0) is 14.7. The predicted octanol–water partition coefficient (Wildman–Crippen LogP) is 2.40. The lowest BCUT2D eigenvalue weighted by molar-refractivity contribution is 0.249. The quantitative estimate of drug-likeness (QED) is 0.652. The number of carbonyl (C=O) groups is 1. The van der Waals surface area contributed by atoms with Gasteiger partial charge in [-0.1, -0.05) is 18.2 Å². The number of urea groups is 1. The van der Waals surface area contributed by atoms with Gasteiger partial charge in [-0.25, -0.2) is 10.2 Å². The average Bonchev–Trinajstić information content (AvgIpc) is 2.65. The number of aromatic nitrogens is 1. The van der Waals surface area contributed by atoms with Gasteiger partial charge >= 0.3 is 6.03 Å². The summed E-state index contributed by atoms with van der Waals surface area (Å²) in [7, 11) is 0. The van der Waals surface area contributed by atoms with Crippen LogP contribution in [0.25, 0.3) is 5.69 Å². The smallest absolute Gasteiger partial charge is 0.332 e. The van der Waals surface area contributed by atoms with Gasteiger partial charge in [0.05, 0.1) is 6.21 Å². The topological polar surface area (TPSA) is 72.4 Å². The highest BCUT2D eigenvalue weighted by Gasteiger charge is 2.10. The molecule has 3 N–H and O–H groups in total. The number of para-hydroxylation sites is 1. The first-order chi connectivity index (χ1) is 9.50. The number of aryl methyl sites for hydroxylation is 2. The summed E-state index contributed by atoms with van der Waals surface area (Å²) in [5.41, 5.74) is 12.6. The Hall–Kier alpha value is -2.56. The van der Waals surface area contributed by atoms with Crippen molar-refractivity contribution in [2.45, 2.75) is 20.8 Å². The molecule has 0 fully saturated rings. The molecule has 20 heavy (non-hydrogen) atoms. The largest absolute Gasteiger partial charge is 0.350 e. The maximum atomic E-state index is 10.6. The van der Waals surface area contributed by atoms with Crippen molar-refractivity contribution in [1.29, 1.82) is 0 Å². The number of nitrogens with zero attached hydrogens (tertiary/aromatic N) is 2. The van der Waals surface area contributed by atoms with E-state index < -0.39 is 6.03 Å². The molecule has 2 aromatic rings. The minimum Gasteiger partial charge on any atom is -0.350 e. The number of carbonyl (C=O) groups excluding carboxylic acids is 1. The minimum atomic E-state index is -0.672. The fourth-order valence-corrected chi connectivity index (χ4v) is 2.27. The van der Waals surface area contributed by atoms with Gasteiger partial charge in [-0.3, -0.25) is 0 Å². The van der Waals surface area contributed by atoms with E-state index in [-0.39, 0.29) is 0 Å². The summed E-state index contributed by atoms with van der Waals surface area (Å²) < 4.78 is 2.17. The molecule has 0 atom stereocenters. The van der Waals surface area contributed by atoms with E-state index in [0.717, 1.165) is 22.6 Å². The second kappa shape index (κ2) is 5.61. The van der Waals surface area contributed by atoms with E-state index in [1.165, 1.54) is 5.56 Å². The molecule has 0 aliphatic carbocycles. The van der Waals surface area contributed by atoms with Gasteiger partial charge in [0.15, 0.2) is 0 Å². The standard InChI is InChI=1S/C15H18N4O/c1-10-6-4-5-7-14(10)19-11(2)8-13(12(19)3)9-17-18-15(16)20/h4-9H,1-3H3,(H3,16,18,20)/b17-9+. The van der Waals surface area contributed by atoms with Crippen LogP contribution in [0.3, 0.4) is 0 Å². The molecule has 2 amide bonds. The molecule has 1 aromatic heterocycles. The highest BCUT2D eigenvalue weighted by atomic mass is 16.2. The zero-order valence-corrected chi connectivity index (χ0v) is 11.8. The van der Waals surface area contributed by atoms with E-state index in [9.17, 15) is 4.79 Å². The van der Waals surface area contributed by atoms with Crippen LogP contribution in [0, 0.1) is 20.8 Å². The van der Waals surface area contributed by atoms with E-state index in [2.05, 4.69) is 34.2 Å². The molecule has 1 aromatic carbocycles. The second-order valence-electron chi connectivity index (χ2n) is 4.68. The molecule has 0 aliphatic heterocycles. The molecule has 0 spiro atoms. The number of rotatable bonds is 3. The summed E-state index contributed by atoms with van der Waals surface area (Å²) in [5, 5.41) is 3.81. The number of nitrogens with two attached hydrogens (primary N) is 1. The third-order valence-corrected chi connectivity index (χ3v) is 3.21. The normalized spacial score (nSPS) is 10.9. The lowest BCUT2D eigenvalue weighted by atomic mass is 10.2. The molecule has 0 unspecified atom stereocenters. The molecule has 5 nitrogen and oxygen atoms in total. The maximum absolute atomic E-state index is 10.6. The molecule has 2 rings (SSSR count). The Morgan fingerprint density at radius 2 is 2.00 bits per heavy atom. The number of hydrogen-bond acceptors (Lipinski definition) is 2. The fraction of sp³-hybridized carbons (Fsp3) is 0.200. The van der Waals surface area contributed by atoms with E-state index >= 15 is 0 Å². The van der Waals surface area contributed by atoms with Crippen LogP contribution in [0.15, 0.2) is 35.4 Å². The van der Waals surface area contributed by atoms with Crippen molar-refractivity contribution in [2.24, 2.45) is 10.8 Å². The number of hydrogen-bond donors (Lipinski definition) is 2. The molecule has 0 bridgehead atoms. The van der Waals surface area contributed by atoms with Crippen molar-refractivity contribution >= 4 is 12.2 Å². The lowest BCUT2D eigenvalue weighted by Gasteiger charge is -2.12. The second-order valence-corrected chi connectivity index (χ2v) is 4.68. The summed E-state index contributed by atoms with van der Waals surface area (Å²) in [5.74, 6) is 0. The molecular formula is C15H18N4O. The number of amides is 2. The van der Waals surface area contributed by atoms with Crippen LogP contribution in [0.4, 0.5) is 4.79 Å². The maximum Gasteiger partial charge on any atom is 0.332 e. The van der Waals surface area contributed by atoms with Gasteiger partial charge in [0.25, 0.3) is 0 Å². The monoisotopic (exact) mass is 270 g/mol. The first kappa shape index (κ1) is 13.9. The summed E-state index contributed by atoms with van der Waals surface area (Å²) in [6.07, 6.45) is 1.60. The molecule has 0 saturated carbocycles. The molecule has 0 radical (unpaired) electrons. The molecule has 5 heteroatoms. The lowest BCUT2D eigenvalue weighted by Crippen LogP contribution is -2.24. The number of hydrazone groups is 1. The van der Waals surface area contributed by atoms with Crippen LogP contribution >= 0.6 is 0 Å². The van der Waals surface area contributed by atoms with Crippen molar-refractivity contribution in [1.82, 2.24) is 9.99 Å². The van der Waals surface area contributed by atoms with Gasteiger partial charge in [0, 0.05) is 22.6 Å². The predicted molar refractivity (Wildman–Crippen MR) is 80.3 cm³/mol. The van der Waals surface area contributed by atoms with E-state index in [0.29, 0.717) is 0 Å². The number of benzene rings is 1. The summed E-state index contributed by atoms with van der Waals surface area (Å²) in [4.78, 5) is 10.6. The van der Waals surface area contributed by atoms with Gasteiger partial charge in [-0.2, -0.15) is 5.10 Å². The van der Waals surface area contributed by atoms with Gasteiger partial charge in [0.1, 0.15) is 0 Å². The Morgan fingerprint density at radius 3 is 2.65 bits per heavy atom. The first-order valence-corrected chi connectivity index (χ1v) is 6.34. The Labute approximate surface area is 118 Å². The molecule has 0 aliphatic rings. The van der Waals surface area contributed by atoms with Gasteiger partial charge in [-0.05, 0) is 38.5 Å². The van der Waals surface area contributed by atoms with Crippen molar-refractivity contribution < 1.29 is 4.79 Å². The zero-order valence-electron chi connectivity index (χ0n) is 11.8. The van der Waals surface area contributed by atoms with E-state index in [4.69, 9.17) is 5.73 Å². The molecule has 0 saturated heterocycles. The van der Waals surface area contributed by atoms with Crippen LogP contribution in [0.5, 0.6) is 0 Å². The molecule has 1 heterocycles. The Kier molecular flexibility index (Phi) is 3.89. The van der Waals surface area contributed by atoms with Crippen LogP contribution in [0.1, 0.15) is 22.5 Å². The Morgan fingerprint density at radius 1 is 1.30 bits per heavy atom. The SMILES string of the molecule is Cc1ccccc1-n1c(C)cc(/C=N/NC(N)=O)c1C. The highest BCUT2D eigenvalue weighted by Crippen LogP contribution is 2.22. The highest BCUT2D eigenvalue weighted by molar-refractivity contribution is 5.83. The van der Waals surface area contributed by atoms with Gasteiger partial charge in [0.2, 0.25) is 0 Å². The third kappa shape index (κ3) is 2.71. The Balaban J connectivity index is 2.42. The Bertz CT molecular complexity index is 671.